The Labute approximate surface area is 150 Å². The average Bonchev–Trinajstić information content (AvgIpc) is 2.80. The second-order valence-electron chi connectivity index (χ2n) is 6.54. The predicted octanol–water partition coefficient (Wildman–Crippen LogP) is 0.807. The van der Waals surface area contributed by atoms with Crippen LogP contribution in [0.4, 0.5) is 5.69 Å². The maximum absolute atomic E-state index is 12.9. The molecule has 0 aliphatic carbocycles. The van der Waals surface area contributed by atoms with E-state index in [1.807, 2.05) is 14.0 Å². The average molecular weight is 369 g/mol. The lowest BCUT2D eigenvalue weighted by Gasteiger charge is -2.20. The summed E-state index contributed by atoms with van der Waals surface area (Å²) in [6, 6.07) is 6.49. The minimum absolute atomic E-state index is 0.139. The largest absolute Gasteiger partial charge is 0.326 e. The molecule has 2 rings (SSSR count). The van der Waals surface area contributed by atoms with Gasteiger partial charge in [0.25, 0.3) is 0 Å². The first-order valence-electron chi connectivity index (χ1n) is 8.59. The SMILES string of the molecule is CNCC(C)C(=O)Nc1cccc(S(=O)(=O)N2CCCN(C)CC2)c1. The van der Waals surface area contributed by atoms with Crippen LogP contribution < -0.4 is 10.6 Å². The van der Waals surface area contributed by atoms with Gasteiger partial charge in [-0.3, -0.25) is 4.79 Å². The fourth-order valence-corrected chi connectivity index (χ4v) is 4.33. The predicted molar refractivity (Wildman–Crippen MR) is 99.0 cm³/mol. The number of anilines is 1. The van der Waals surface area contributed by atoms with Crippen LogP contribution in [0.3, 0.4) is 0 Å². The second kappa shape index (κ2) is 8.75. The lowest BCUT2D eigenvalue weighted by atomic mass is 10.1. The summed E-state index contributed by atoms with van der Waals surface area (Å²) < 4.78 is 27.3. The lowest BCUT2D eigenvalue weighted by Crippen LogP contribution is -2.34. The molecule has 25 heavy (non-hydrogen) atoms. The fourth-order valence-electron chi connectivity index (χ4n) is 2.81. The molecule has 140 valence electrons. The van der Waals surface area contributed by atoms with E-state index in [4.69, 9.17) is 0 Å². The van der Waals surface area contributed by atoms with Crippen LogP contribution in [0.2, 0.25) is 0 Å². The van der Waals surface area contributed by atoms with Crippen molar-refractivity contribution in [2.45, 2.75) is 18.2 Å². The molecule has 1 atom stereocenters. The summed E-state index contributed by atoms with van der Waals surface area (Å²) in [4.78, 5) is 14.5. The maximum atomic E-state index is 12.9. The molecule has 1 aromatic carbocycles. The van der Waals surface area contributed by atoms with E-state index in [-0.39, 0.29) is 16.7 Å². The number of sulfonamides is 1. The van der Waals surface area contributed by atoms with Crippen molar-refractivity contribution in [3.05, 3.63) is 24.3 Å². The van der Waals surface area contributed by atoms with Crippen molar-refractivity contribution in [1.29, 1.82) is 0 Å². The van der Waals surface area contributed by atoms with E-state index in [0.717, 1.165) is 19.5 Å². The topological polar surface area (TPSA) is 81.8 Å². The fraction of sp³-hybridized carbons (Fsp3) is 0.588. The van der Waals surface area contributed by atoms with Crippen molar-refractivity contribution >= 4 is 21.6 Å². The summed E-state index contributed by atoms with van der Waals surface area (Å²) in [6.07, 6.45) is 0.813. The van der Waals surface area contributed by atoms with Gasteiger partial charge in [-0.15, -0.1) is 0 Å². The van der Waals surface area contributed by atoms with Gasteiger partial charge in [-0.25, -0.2) is 8.42 Å². The van der Waals surface area contributed by atoms with Crippen LogP contribution in [-0.4, -0.2) is 70.3 Å². The molecule has 1 aliphatic rings. The Morgan fingerprint density at radius 3 is 2.72 bits per heavy atom. The quantitative estimate of drug-likeness (QED) is 0.776. The second-order valence-corrected chi connectivity index (χ2v) is 8.47. The zero-order valence-corrected chi connectivity index (χ0v) is 16.0. The van der Waals surface area contributed by atoms with Gasteiger partial charge in [0.15, 0.2) is 0 Å². The highest BCUT2D eigenvalue weighted by Gasteiger charge is 2.26. The number of rotatable bonds is 6. The molecule has 0 spiro atoms. The Morgan fingerprint density at radius 1 is 1.24 bits per heavy atom. The number of benzene rings is 1. The third-order valence-corrected chi connectivity index (χ3v) is 6.27. The molecule has 7 nitrogen and oxygen atoms in total. The molecule has 1 amide bonds. The van der Waals surface area contributed by atoms with Gasteiger partial charge in [0.1, 0.15) is 0 Å². The molecule has 0 bridgehead atoms. The summed E-state index contributed by atoms with van der Waals surface area (Å²) in [5, 5.41) is 5.75. The molecule has 0 radical (unpaired) electrons. The molecule has 1 aliphatic heterocycles. The van der Waals surface area contributed by atoms with E-state index in [2.05, 4.69) is 15.5 Å². The third-order valence-electron chi connectivity index (χ3n) is 4.38. The van der Waals surface area contributed by atoms with E-state index >= 15 is 0 Å². The highest BCUT2D eigenvalue weighted by atomic mass is 32.2. The van der Waals surface area contributed by atoms with Gasteiger partial charge in [-0.2, -0.15) is 4.31 Å². The van der Waals surface area contributed by atoms with Gasteiger partial charge in [0.05, 0.1) is 4.90 Å². The van der Waals surface area contributed by atoms with Crippen molar-refractivity contribution in [2.75, 3.05) is 52.1 Å². The van der Waals surface area contributed by atoms with E-state index < -0.39 is 10.0 Å². The molecular formula is C17H28N4O3S. The van der Waals surface area contributed by atoms with E-state index in [1.165, 1.54) is 10.4 Å². The first kappa shape index (κ1) is 19.8. The number of carbonyl (C=O) groups excluding carboxylic acids is 1. The van der Waals surface area contributed by atoms with Gasteiger partial charge in [0, 0.05) is 37.8 Å². The van der Waals surface area contributed by atoms with Crippen LogP contribution in [0.1, 0.15) is 13.3 Å². The minimum atomic E-state index is -3.55. The maximum Gasteiger partial charge on any atom is 0.243 e. The van der Waals surface area contributed by atoms with Crippen molar-refractivity contribution < 1.29 is 13.2 Å². The van der Waals surface area contributed by atoms with Crippen molar-refractivity contribution in [1.82, 2.24) is 14.5 Å². The molecule has 1 fully saturated rings. The van der Waals surface area contributed by atoms with Crippen LogP contribution in [0, 0.1) is 5.92 Å². The molecule has 0 aromatic heterocycles. The number of hydrogen-bond donors (Lipinski definition) is 2. The van der Waals surface area contributed by atoms with Crippen molar-refractivity contribution in [2.24, 2.45) is 5.92 Å². The molecule has 2 N–H and O–H groups in total. The van der Waals surface area contributed by atoms with Gasteiger partial charge >= 0.3 is 0 Å². The molecule has 1 saturated heterocycles. The van der Waals surface area contributed by atoms with E-state index in [9.17, 15) is 13.2 Å². The van der Waals surface area contributed by atoms with Crippen LogP contribution >= 0.6 is 0 Å². The van der Waals surface area contributed by atoms with Gasteiger partial charge in [-0.05, 0) is 45.3 Å². The summed E-state index contributed by atoms with van der Waals surface area (Å²) in [7, 11) is 0.231. The first-order chi connectivity index (χ1) is 11.8. The summed E-state index contributed by atoms with van der Waals surface area (Å²) in [5.41, 5.74) is 0.501. The Bertz CT molecular complexity index is 693. The van der Waals surface area contributed by atoms with Crippen molar-refractivity contribution in [3.8, 4) is 0 Å². The highest BCUT2D eigenvalue weighted by molar-refractivity contribution is 7.89. The monoisotopic (exact) mass is 368 g/mol. The molecule has 1 heterocycles. The molecule has 1 unspecified atom stereocenters. The lowest BCUT2D eigenvalue weighted by molar-refractivity contribution is -0.119. The summed E-state index contributed by atoms with van der Waals surface area (Å²) in [5.74, 6) is -0.341. The number of hydrogen-bond acceptors (Lipinski definition) is 5. The Morgan fingerprint density at radius 2 is 2.00 bits per heavy atom. The molecule has 8 heteroatoms. The number of amides is 1. The van der Waals surface area contributed by atoms with Gasteiger partial charge in [-0.1, -0.05) is 13.0 Å². The van der Waals surface area contributed by atoms with Crippen LogP contribution in [0.5, 0.6) is 0 Å². The number of likely N-dealkylation sites (N-methyl/N-ethyl adjacent to an activating group) is 1. The van der Waals surface area contributed by atoms with Crippen LogP contribution in [0.15, 0.2) is 29.2 Å². The summed E-state index contributed by atoms with van der Waals surface area (Å²) >= 11 is 0. The Balaban J connectivity index is 2.15. The van der Waals surface area contributed by atoms with Gasteiger partial charge in [0.2, 0.25) is 15.9 Å². The van der Waals surface area contributed by atoms with Crippen molar-refractivity contribution in [3.63, 3.8) is 0 Å². The third kappa shape index (κ3) is 5.24. The number of nitrogens with zero attached hydrogens (tertiary/aromatic N) is 2. The zero-order valence-electron chi connectivity index (χ0n) is 15.2. The molecule has 0 saturated carbocycles. The standard InChI is InChI=1S/C17H28N4O3S/c1-14(13-18-2)17(22)19-15-6-4-7-16(12-15)25(23,24)21-9-5-8-20(3)10-11-21/h4,6-7,12,14,18H,5,8-11,13H2,1-3H3,(H,19,22). The number of carbonyl (C=O) groups is 1. The van der Waals surface area contributed by atoms with Crippen LogP contribution in [0.25, 0.3) is 0 Å². The Hall–Kier alpha value is -1.48. The molecular weight excluding hydrogens is 340 g/mol. The van der Waals surface area contributed by atoms with Gasteiger partial charge < -0.3 is 15.5 Å². The zero-order chi connectivity index (χ0) is 18.4. The van der Waals surface area contributed by atoms with Crippen LogP contribution in [-0.2, 0) is 14.8 Å². The summed E-state index contributed by atoms with van der Waals surface area (Å²) in [6.45, 7) is 4.99. The highest BCUT2D eigenvalue weighted by Crippen LogP contribution is 2.21. The molecule has 1 aromatic rings. The minimum Gasteiger partial charge on any atom is -0.326 e. The smallest absolute Gasteiger partial charge is 0.243 e. The first-order valence-corrected chi connectivity index (χ1v) is 10.0. The number of nitrogens with one attached hydrogen (secondary N) is 2. The van der Waals surface area contributed by atoms with E-state index in [0.29, 0.717) is 25.3 Å². The normalized spacial score (nSPS) is 18.5. The Kier molecular flexibility index (Phi) is 6.95. The van der Waals surface area contributed by atoms with E-state index in [1.54, 1.807) is 25.2 Å².